The van der Waals surface area contributed by atoms with E-state index in [2.05, 4.69) is 15.6 Å². The third-order valence-corrected chi connectivity index (χ3v) is 2.92. The van der Waals surface area contributed by atoms with E-state index in [1.807, 2.05) is 19.4 Å². The molecule has 1 unspecified atom stereocenters. The summed E-state index contributed by atoms with van der Waals surface area (Å²) in [5.74, 6) is 0.118. The van der Waals surface area contributed by atoms with E-state index in [9.17, 15) is 4.79 Å². The Bertz CT molecular complexity index is 296. The van der Waals surface area contributed by atoms with Crippen molar-refractivity contribution >= 4 is 42.1 Å². The lowest BCUT2D eigenvalue weighted by atomic mass is 10.1. The number of nitrogens with one attached hydrogen (secondary N) is 2. The van der Waals surface area contributed by atoms with E-state index in [4.69, 9.17) is 0 Å². The second kappa shape index (κ2) is 10.8. The van der Waals surface area contributed by atoms with Gasteiger partial charge in [0.05, 0.1) is 5.01 Å². The topological polar surface area (TPSA) is 54.0 Å². The molecule has 7 heteroatoms. The van der Waals surface area contributed by atoms with Crippen molar-refractivity contribution in [1.29, 1.82) is 0 Å². The lowest BCUT2D eigenvalue weighted by Gasteiger charge is -2.10. The van der Waals surface area contributed by atoms with E-state index in [0.717, 1.165) is 11.4 Å². The van der Waals surface area contributed by atoms with Crippen molar-refractivity contribution in [3.8, 4) is 0 Å². The van der Waals surface area contributed by atoms with Gasteiger partial charge in [-0.15, -0.1) is 36.2 Å². The Morgan fingerprint density at radius 3 is 2.76 bits per heavy atom. The van der Waals surface area contributed by atoms with Crippen LogP contribution in [-0.2, 0) is 11.2 Å². The number of carbonyl (C=O) groups is 1. The Morgan fingerprint density at radius 2 is 2.24 bits per heavy atom. The van der Waals surface area contributed by atoms with E-state index in [1.54, 1.807) is 17.5 Å². The zero-order valence-corrected chi connectivity index (χ0v) is 12.4. The van der Waals surface area contributed by atoms with Gasteiger partial charge >= 0.3 is 0 Å². The number of nitrogens with zero attached hydrogens (tertiary/aromatic N) is 1. The lowest BCUT2D eigenvalue weighted by molar-refractivity contribution is -0.124. The molecule has 1 amide bonds. The van der Waals surface area contributed by atoms with Crippen LogP contribution in [0.25, 0.3) is 0 Å². The summed E-state index contributed by atoms with van der Waals surface area (Å²) >= 11 is 1.62. The van der Waals surface area contributed by atoms with Gasteiger partial charge < -0.3 is 10.6 Å². The van der Waals surface area contributed by atoms with E-state index >= 15 is 0 Å². The number of rotatable bonds is 6. The molecule has 1 atom stereocenters. The van der Waals surface area contributed by atoms with Crippen LogP contribution in [0.3, 0.4) is 0 Å². The number of carbonyl (C=O) groups excluding carboxylic acids is 1. The van der Waals surface area contributed by atoms with Crippen molar-refractivity contribution < 1.29 is 4.79 Å². The molecule has 0 bridgehead atoms. The van der Waals surface area contributed by atoms with Gasteiger partial charge in [0.1, 0.15) is 0 Å². The Kier molecular flexibility index (Phi) is 12.0. The summed E-state index contributed by atoms with van der Waals surface area (Å²) in [6.45, 7) is 3.29. The normalized spacial score (nSPS) is 10.9. The fourth-order valence-electron chi connectivity index (χ4n) is 1.24. The lowest BCUT2D eigenvalue weighted by Crippen LogP contribution is -2.35. The monoisotopic (exact) mass is 299 g/mol. The van der Waals surface area contributed by atoms with E-state index in [1.165, 1.54) is 0 Å². The highest BCUT2D eigenvalue weighted by Crippen LogP contribution is 2.03. The van der Waals surface area contributed by atoms with Crippen LogP contribution in [0.1, 0.15) is 11.9 Å². The quantitative estimate of drug-likeness (QED) is 0.837. The van der Waals surface area contributed by atoms with Crippen LogP contribution in [0.15, 0.2) is 11.6 Å². The highest BCUT2D eigenvalue weighted by molar-refractivity contribution is 7.09. The number of aromatic nitrogens is 1. The first-order valence-electron chi connectivity index (χ1n) is 5.04. The Balaban J connectivity index is 0. The van der Waals surface area contributed by atoms with Gasteiger partial charge in [-0.2, -0.15) is 0 Å². The largest absolute Gasteiger partial charge is 0.355 e. The standard InChI is InChI=1S/C10H17N3OS.2ClH/c1-8(7-11-2)10(14)13-4-3-9-12-5-6-15-9;;/h5-6,8,11H,3-4,7H2,1-2H3,(H,13,14);2*1H. The average Bonchev–Trinajstić information content (AvgIpc) is 2.71. The summed E-state index contributed by atoms with van der Waals surface area (Å²) in [5.41, 5.74) is 0. The molecule has 4 nitrogen and oxygen atoms in total. The fourth-order valence-corrected chi connectivity index (χ4v) is 1.86. The van der Waals surface area contributed by atoms with Crippen molar-refractivity contribution in [2.24, 2.45) is 5.92 Å². The summed E-state index contributed by atoms with van der Waals surface area (Å²) in [5, 5.41) is 8.89. The molecule has 0 spiro atoms. The fraction of sp³-hybridized carbons (Fsp3) is 0.600. The first kappa shape index (κ1) is 19.0. The minimum Gasteiger partial charge on any atom is -0.355 e. The van der Waals surface area contributed by atoms with Crippen molar-refractivity contribution in [2.75, 3.05) is 20.1 Å². The van der Waals surface area contributed by atoms with E-state index in [0.29, 0.717) is 13.1 Å². The molecule has 1 heterocycles. The molecule has 1 rings (SSSR count). The van der Waals surface area contributed by atoms with Gasteiger partial charge in [-0.1, -0.05) is 6.92 Å². The maximum atomic E-state index is 11.5. The van der Waals surface area contributed by atoms with Crippen molar-refractivity contribution in [1.82, 2.24) is 15.6 Å². The van der Waals surface area contributed by atoms with Gasteiger partial charge in [0.15, 0.2) is 0 Å². The van der Waals surface area contributed by atoms with Crippen LogP contribution >= 0.6 is 36.2 Å². The smallest absolute Gasteiger partial charge is 0.224 e. The molecule has 0 fully saturated rings. The van der Waals surface area contributed by atoms with Crippen LogP contribution in [0.2, 0.25) is 0 Å². The Labute approximate surface area is 118 Å². The summed E-state index contributed by atoms with van der Waals surface area (Å²) in [6.07, 6.45) is 2.60. The molecule has 0 aromatic carbocycles. The number of hydrogen-bond donors (Lipinski definition) is 2. The maximum Gasteiger partial charge on any atom is 0.224 e. The predicted octanol–water partition coefficient (Wildman–Crippen LogP) is 1.50. The Hall–Kier alpha value is -0.360. The van der Waals surface area contributed by atoms with E-state index < -0.39 is 0 Å². The molecule has 0 saturated heterocycles. The highest BCUT2D eigenvalue weighted by atomic mass is 35.5. The van der Waals surface area contributed by atoms with Crippen LogP contribution in [0.5, 0.6) is 0 Å². The molecular formula is C10H19Cl2N3OS. The number of amides is 1. The maximum absolute atomic E-state index is 11.5. The van der Waals surface area contributed by atoms with Crippen molar-refractivity contribution in [2.45, 2.75) is 13.3 Å². The minimum absolute atomic E-state index is 0. The third kappa shape index (κ3) is 7.54. The second-order valence-electron chi connectivity index (χ2n) is 3.43. The number of hydrogen-bond acceptors (Lipinski definition) is 4. The van der Waals surface area contributed by atoms with Gasteiger partial charge in [0.2, 0.25) is 5.91 Å². The molecule has 0 aliphatic rings. The molecule has 1 aromatic heterocycles. The first-order valence-corrected chi connectivity index (χ1v) is 5.92. The summed E-state index contributed by atoms with van der Waals surface area (Å²) in [4.78, 5) is 15.6. The Morgan fingerprint density at radius 1 is 1.53 bits per heavy atom. The summed E-state index contributed by atoms with van der Waals surface area (Å²) in [6, 6.07) is 0. The number of thiazole rings is 1. The van der Waals surface area contributed by atoms with Crippen molar-refractivity contribution in [3.05, 3.63) is 16.6 Å². The summed E-state index contributed by atoms with van der Waals surface area (Å²) in [7, 11) is 1.85. The van der Waals surface area contributed by atoms with Gasteiger partial charge in [-0.25, -0.2) is 4.98 Å². The molecule has 2 N–H and O–H groups in total. The highest BCUT2D eigenvalue weighted by Gasteiger charge is 2.10. The van der Waals surface area contributed by atoms with Gasteiger partial charge in [-0.3, -0.25) is 4.79 Å². The van der Waals surface area contributed by atoms with Crippen LogP contribution < -0.4 is 10.6 Å². The molecule has 0 saturated carbocycles. The number of halogens is 2. The summed E-state index contributed by atoms with van der Waals surface area (Å²) < 4.78 is 0. The van der Waals surface area contributed by atoms with Crippen LogP contribution in [0, 0.1) is 5.92 Å². The second-order valence-corrected chi connectivity index (χ2v) is 4.40. The minimum atomic E-state index is 0. The van der Waals surface area contributed by atoms with E-state index in [-0.39, 0.29) is 36.6 Å². The third-order valence-electron chi connectivity index (χ3n) is 2.08. The van der Waals surface area contributed by atoms with Crippen LogP contribution in [-0.4, -0.2) is 31.0 Å². The van der Waals surface area contributed by atoms with Crippen molar-refractivity contribution in [3.63, 3.8) is 0 Å². The van der Waals surface area contributed by atoms with Gasteiger partial charge in [-0.05, 0) is 7.05 Å². The first-order chi connectivity index (χ1) is 7.24. The zero-order valence-electron chi connectivity index (χ0n) is 9.93. The predicted molar refractivity (Wildman–Crippen MR) is 76.4 cm³/mol. The van der Waals surface area contributed by atoms with Gasteiger partial charge in [0, 0.05) is 37.0 Å². The molecule has 17 heavy (non-hydrogen) atoms. The molecular weight excluding hydrogens is 281 g/mol. The SMILES string of the molecule is CNCC(C)C(=O)NCCc1nccs1.Cl.Cl. The van der Waals surface area contributed by atoms with Crippen LogP contribution in [0.4, 0.5) is 0 Å². The molecule has 0 aliphatic heterocycles. The molecule has 100 valence electrons. The van der Waals surface area contributed by atoms with Gasteiger partial charge in [0.25, 0.3) is 0 Å². The molecule has 1 aromatic rings. The molecule has 0 radical (unpaired) electrons. The zero-order chi connectivity index (χ0) is 11.1. The average molecular weight is 300 g/mol. The molecule has 0 aliphatic carbocycles.